The fourth-order valence-electron chi connectivity index (χ4n) is 4.24. The van der Waals surface area contributed by atoms with Crippen LogP contribution in [-0.2, 0) is 28.6 Å². The number of para-hydroxylation sites is 1. The van der Waals surface area contributed by atoms with E-state index in [9.17, 15) is 24.3 Å². The number of hydrogen-bond acceptors (Lipinski definition) is 9. The average molecular weight is 521 g/mol. The smallest absolute Gasteiger partial charge is 0.332 e. The molecule has 4 N–H and O–H groups in total. The first-order chi connectivity index (χ1) is 17.5. The van der Waals surface area contributed by atoms with Gasteiger partial charge in [-0.1, -0.05) is 52.5 Å². The van der Waals surface area contributed by atoms with Gasteiger partial charge in [-0.15, -0.1) is 0 Å². The van der Waals surface area contributed by atoms with E-state index in [1.165, 1.54) is 25.1 Å². The summed E-state index contributed by atoms with van der Waals surface area (Å²) in [5.74, 6) is -4.02. The van der Waals surface area contributed by atoms with E-state index in [2.05, 4.69) is 12.2 Å². The van der Waals surface area contributed by atoms with Crippen molar-refractivity contribution in [3.05, 3.63) is 23.8 Å². The number of rotatable bonds is 10. The third kappa shape index (κ3) is 8.36. The number of phenols is 1. The molecule has 0 spiro atoms. The maximum Gasteiger partial charge on any atom is 0.332 e. The molecule has 1 amide bonds. The summed E-state index contributed by atoms with van der Waals surface area (Å²) in [5, 5.41) is 12.6. The molecule has 206 valence electrons. The topological polar surface area (TPSA) is 154 Å². The predicted octanol–water partition coefficient (Wildman–Crippen LogP) is 3.49. The Kier molecular flexibility index (Phi) is 11.2. The molecule has 1 aromatic carbocycles. The Hall–Kier alpha value is -3.30. The molecule has 1 fully saturated rings. The van der Waals surface area contributed by atoms with Crippen molar-refractivity contribution < 1.29 is 38.5 Å². The van der Waals surface area contributed by atoms with Crippen molar-refractivity contribution in [2.24, 2.45) is 11.8 Å². The number of benzene rings is 1. The van der Waals surface area contributed by atoms with Gasteiger partial charge in [-0.3, -0.25) is 14.4 Å². The van der Waals surface area contributed by atoms with Gasteiger partial charge in [-0.2, -0.15) is 0 Å². The lowest BCUT2D eigenvalue weighted by Crippen LogP contribution is -2.50. The number of nitrogens with one attached hydrogen (secondary N) is 1. The molecule has 37 heavy (non-hydrogen) atoms. The van der Waals surface area contributed by atoms with Crippen molar-refractivity contribution in [2.45, 2.75) is 97.5 Å². The zero-order chi connectivity index (χ0) is 27.7. The molecule has 2 rings (SSSR count). The Morgan fingerprint density at radius 2 is 1.76 bits per heavy atom. The second-order valence-corrected chi connectivity index (χ2v) is 9.99. The highest BCUT2D eigenvalue weighted by Crippen LogP contribution is 2.28. The lowest BCUT2D eigenvalue weighted by atomic mass is 9.92. The van der Waals surface area contributed by atoms with Crippen LogP contribution in [0.15, 0.2) is 18.2 Å². The monoisotopic (exact) mass is 520 g/mol. The van der Waals surface area contributed by atoms with E-state index < -0.39 is 59.8 Å². The Labute approximate surface area is 218 Å². The number of nitrogen functional groups attached to an aromatic ring is 1. The van der Waals surface area contributed by atoms with Gasteiger partial charge >= 0.3 is 17.9 Å². The zero-order valence-electron chi connectivity index (χ0n) is 22.3. The van der Waals surface area contributed by atoms with Gasteiger partial charge in [0.25, 0.3) is 5.91 Å². The third-order valence-corrected chi connectivity index (χ3v) is 6.30. The van der Waals surface area contributed by atoms with E-state index >= 15 is 0 Å². The van der Waals surface area contributed by atoms with Gasteiger partial charge in [-0.25, -0.2) is 4.79 Å². The Bertz CT molecular complexity index is 964. The van der Waals surface area contributed by atoms with Crippen molar-refractivity contribution >= 4 is 29.5 Å². The van der Waals surface area contributed by atoms with Crippen molar-refractivity contribution in [1.29, 1.82) is 0 Å². The molecular weight excluding hydrogens is 480 g/mol. The molecule has 10 nitrogen and oxygen atoms in total. The number of ether oxygens (including phenoxy) is 3. The lowest BCUT2D eigenvalue weighted by Gasteiger charge is -2.29. The molecular formula is C27H40N2O8. The third-order valence-electron chi connectivity index (χ3n) is 6.30. The number of unbranched alkanes of at least 4 members (excludes halogenated alkanes) is 3. The van der Waals surface area contributed by atoms with Crippen LogP contribution in [0.1, 0.15) is 83.5 Å². The number of amides is 1. The quantitative estimate of drug-likeness (QED) is 0.138. The summed E-state index contributed by atoms with van der Waals surface area (Å²) in [6.07, 6.45) is 1.02. The molecule has 10 heteroatoms. The molecule has 1 aliphatic rings. The van der Waals surface area contributed by atoms with Crippen LogP contribution in [0.2, 0.25) is 0 Å². The Morgan fingerprint density at radius 1 is 1.08 bits per heavy atom. The number of carbonyl (C=O) groups excluding carboxylic acids is 4. The van der Waals surface area contributed by atoms with E-state index in [4.69, 9.17) is 19.9 Å². The summed E-state index contributed by atoms with van der Waals surface area (Å²) < 4.78 is 16.9. The van der Waals surface area contributed by atoms with Gasteiger partial charge in [0.2, 0.25) is 0 Å². The summed E-state index contributed by atoms with van der Waals surface area (Å²) in [5.41, 5.74) is 5.53. The van der Waals surface area contributed by atoms with Crippen LogP contribution in [-0.4, -0.2) is 53.3 Å². The van der Waals surface area contributed by atoms with Gasteiger partial charge in [0.15, 0.2) is 17.9 Å². The summed E-state index contributed by atoms with van der Waals surface area (Å²) in [6, 6.07) is 2.88. The number of aromatic hydroxyl groups is 1. The highest BCUT2D eigenvalue weighted by Gasteiger charge is 2.43. The van der Waals surface area contributed by atoms with Gasteiger partial charge in [0.1, 0.15) is 12.2 Å². The maximum absolute atomic E-state index is 13.3. The zero-order valence-corrected chi connectivity index (χ0v) is 22.3. The first-order valence-electron chi connectivity index (χ1n) is 12.9. The van der Waals surface area contributed by atoms with Crippen LogP contribution in [0.5, 0.6) is 5.75 Å². The molecule has 1 aromatic rings. The number of nitrogens with two attached hydrogens (primary N) is 1. The number of esters is 3. The minimum atomic E-state index is -1.37. The summed E-state index contributed by atoms with van der Waals surface area (Å²) in [6.45, 7) is 8.84. The van der Waals surface area contributed by atoms with Crippen molar-refractivity contribution in [2.75, 3.05) is 5.73 Å². The Morgan fingerprint density at radius 3 is 2.41 bits per heavy atom. The van der Waals surface area contributed by atoms with Crippen LogP contribution < -0.4 is 11.1 Å². The summed E-state index contributed by atoms with van der Waals surface area (Å²) in [7, 11) is 0. The minimum Gasteiger partial charge on any atom is -0.505 e. The first-order valence-corrected chi connectivity index (χ1v) is 12.9. The summed E-state index contributed by atoms with van der Waals surface area (Å²) >= 11 is 0. The molecule has 1 saturated heterocycles. The van der Waals surface area contributed by atoms with Crippen LogP contribution in [0.4, 0.5) is 5.69 Å². The Balaban J connectivity index is 2.32. The van der Waals surface area contributed by atoms with Crippen LogP contribution in [0.3, 0.4) is 0 Å². The predicted molar refractivity (Wildman–Crippen MR) is 136 cm³/mol. The number of phenolic OH excluding ortho intramolecular Hbond substituents is 1. The molecule has 0 bridgehead atoms. The van der Waals surface area contributed by atoms with Crippen molar-refractivity contribution in [3.63, 3.8) is 0 Å². The number of carbonyl (C=O) groups is 4. The average Bonchev–Trinajstić information content (AvgIpc) is 2.84. The molecule has 0 saturated carbocycles. The van der Waals surface area contributed by atoms with Crippen molar-refractivity contribution in [3.8, 4) is 5.75 Å². The van der Waals surface area contributed by atoms with E-state index in [0.717, 1.165) is 19.3 Å². The molecule has 0 aromatic heterocycles. The second-order valence-electron chi connectivity index (χ2n) is 9.99. The molecule has 5 atom stereocenters. The molecule has 5 unspecified atom stereocenters. The molecule has 1 aliphatic heterocycles. The minimum absolute atomic E-state index is 0.00485. The van der Waals surface area contributed by atoms with Gasteiger partial charge < -0.3 is 30.4 Å². The molecule has 0 aliphatic carbocycles. The number of cyclic esters (lactones) is 2. The maximum atomic E-state index is 13.3. The van der Waals surface area contributed by atoms with Gasteiger partial charge in [0, 0.05) is 6.42 Å². The SMILES string of the molecule is CCCCCCC1C(=O)OC(C)C(NC(=O)c2cccc(N)c2O)C(=O)OC(C)C1OC(=O)CC(C)C. The molecule has 1 heterocycles. The van der Waals surface area contributed by atoms with Crippen molar-refractivity contribution in [1.82, 2.24) is 5.32 Å². The summed E-state index contributed by atoms with van der Waals surface area (Å²) in [4.78, 5) is 51.8. The van der Waals surface area contributed by atoms with E-state index in [-0.39, 0.29) is 23.6 Å². The normalized spacial score (nSPS) is 24.3. The van der Waals surface area contributed by atoms with Crippen LogP contribution >= 0.6 is 0 Å². The fourth-order valence-corrected chi connectivity index (χ4v) is 4.24. The van der Waals surface area contributed by atoms with Crippen LogP contribution in [0.25, 0.3) is 0 Å². The lowest BCUT2D eigenvalue weighted by molar-refractivity contribution is -0.175. The molecule has 0 radical (unpaired) electrons. The fraction of sp³-hybridized carbons (Fsp3) is 0.630. The second kappa shape index (κ2) is 13.9. The highest BCUT2D eigenvalue weighted by atomic mass is 16.6. The standard InChI is InChI=1S/C27H40N2O8/c1-6-7-8-9-11-19-24(37-21(30)14-15(2)3)17(5)36-27(34)22(16(4)35-26(19)33)29-25(32)18-12-10-13-20(28)23(18)31/h10,12-13,15-17,19,22,24,31H,6-9,11,14,28H2,1-5H3,(H,29,32). The van der Waals surface area contributed by atoms with E-state index in [1.54, 1.807) is 6.92 Å². The van der Waals surface area contributed by atoms with E-state index in [0.29, 0.717) is 12.8 Å². The van der Waals surface area contributed by atoms with Crippen LogP contribution in [0, 0.1) is 11.8 Å². The number of anilines is 1. The van der Waals surface area contributed by atoms with Gasteiger partial charge in [0.05, 0.1) is 17.2 Å². The first kappa shape index (κ1) is 29.9. The van der Waals surface area contributed by atoms with Gasteiger partial charge in [-0.05, 0) is 38.3 Å². The van der Waals surface area contributed by atoms with E-state index in [1.807, 2.05) is 13.8 Å². The highest BCUT2D eigenvalue weighted by molar-refractivity contribution is 6.00. The largest absolute Gasteiger partial charge is 0.505 e. The number of hydrogen-bond donors (Lipinski definition) is 3.